The first kappa shape index (κ1) is 18.6. The van der Waals surface area contributed by atoms with E-state index in [1.165, 1.54) is 10.4 Å². The summed E-state index contributed by atoms with van der Waals surface area (Å²) < 4.78 is 10.7. The van der Waals surface area contributed by atoms with Gasteiger partial charge in [0.1, 0.15) is 22.2 Å². The highest BCUT2D eigenvalue weighted by atomic mass is 32.1. The maximum atomic E-state index is 5.57. The predicted octanol–water partition coefficient (Wildman–Crippen LogP) is 4.82. The molecule has 2 aromatic heterocycles. The molecule has 0 saturated carbocycles. The lowest BCUT2D eigenvalue weighted by Crippen LogP contribution is -2.07. The molecule has 1 N–H and O–H groups in total. The van der Waals surface area contributed by atoms with Crippen molar-refractivity contribution in [1.29, 1.82) is 0 Å². The van der Waals surface area contributed by atoms with Crippen molar-refractivity contribution >= 4 is 27.4 Å². The number of rotatable bonds is 8. The van der Waals surface area contributed by atoms with E-state index >= 15 is 0 Å². The highest BCUT2D eigenvalue weighted by molar-refractivity contribution is 7.19. The second kappa shape index (κ2) is 8.47. The van der Waals surface area contributed by atoms with Crippen molar-refractivity contribution in [3.8, 4) is 16.9 Å². The van der Waals surface area contributed by atoms with Crippen LogP contribution < -0.4 is 10.1 Å². The van der Waals surface area contributed by atoms with Gasteiger partial charge in [0.05, 0.1) is 12.0 Å². The first-order valence-electron chi connectivity index (χ1n) is 8.87. The fourth-order valence-electron chi connectivity index (χ4n) is 3.00. The third-order valence-electron chi connectivity index (χ3n) is 4.11. The molecule has 3 aromatic rings. The molecule has 26 heavy (non-hydrogen) atoms. The Morgan fingerprint density at radius 1 is 1.12 bits per heavy atom. The molecule has 5 nitrogen and oxygen atoms in total. The van der Waals surface area contributed by atoms with Gasteiger partial charge in [0.2, 0.25) is 0 Å². The van der Waals surface area contributed by atoms with Crippen molar-refractivity contribution in [3.63, 3.8) is 0 Å². The molecule has 0 bridgehead atoms. The average Bonchev–Trinajstić information content (AvgIpc) is 2.95. The first-order chi connectivity index (χ1) is 12.6. The quantitative estimate of drug-likeness (QED) is 0.575. The summed E-state index contributed by atoms with van der Waals surface area (Å²) in [5, 5.41) is 4.57. The molecule has 0 unspecified atom stereocenters. The Kier molecular flexibility index (Phi) is 6.06. The Bertz CT molecular complexity index is 875. The number of anilines is 1. The number of hydrogen-bond acceptors (Lipinski definition) is 6. The lowest BCUT2D eigenvalue weighted by atomic mass is 10.0. The van der Waals surface area contributed by atoms with Crippen LogP contribution in [-0.4, -0.2) is 36.8 Å². The third-order valence-corrected chi connectivity index (χ3v) is 5.11. The first-order valence-corrected chi connectivity index (χ1v) is 9.69. The van der Waals surface area contributed by atoms with Crippen LogP contribution in [0.1, 0.15) is 24.0 Å². The molecule has 6 heteroatoms. The maximum absolute atomic E-state index is 5.57. The summed E-state index contributed by atoms with van der Waals surface area (Å²) in [7, 11) is 1.72. The second-order valence-corrected chi connectivity index (χ2v) is 7.27. The lowest BCUT2D eigenvalue weighted by Gasteiger charge is -2.10. The predicted molar refractivity (Wildman–Crippen MR) is 108 cm³/mol. The molecular weight excluding hydrogens is 346 g/mol. The Morgan fingerprint density at radius 2 is 1.88 bits per heavy atom. The van der Waals surface area contributed by atoms with Crippen LogP contribution in [0.5, 0.6) is 5.75 Å². The van der Waals surface area contributed by atoms with Gasteiger partial charge in [-0.05, 0) is 44.9 Å². The van der Waals surface area contributed by atoms with Crippen LogP contribution in [0, 0.1) is 13.8 Å². The van der Waals surface area contributed by atoms with E-state index < -0.39 is 0 Å². The van der Waals surface area contributed by atoms with E-state index in [1.807, 2.05) is 26.0 Å². The number of aromatic nitrogens is 2. The molecular formula is C20H25N3O2S. The van der Waals surface area contributed by atoms with E-state index in [0.717, 1.165) is 52.7 Å². The van der Waals surface area contributed by atoms with Crippen LogP contribution in [0.15, 0.2) is 24.3 Å². The van der Waals surface area contributed by atoms with Gasteiger partial charge in [0, 0.05) is 30.7 Å². The summed E-state index contributed by atoms with van der Waals surface area (Å²) in [6, 6.07) is 8.24. The van der Waals surface area contributed by atoms with Crippen LogP contribution in [0.4, 0.5) is 5.82 Å². The second-order valence-electron chi connectivity index (χ2n) is 6.06. The maximum Gasteiger partial charge on any atom is 0.139 e. The number of nitrogens with zero attached hydrogens (tertiary/aromatic N) is 2. The number of hydrogen-bond donors (Lipinski definition) is 1. The van der Waals surface area contributed by atoms with Gasteiger partial charge in [-0.1, -0.05) is 12.1 Å². The summed E-state index contributed by atoms with van der Waals surface area (Å²) in [5.41, 5.74) is 2.35. The summed E-state index contributed by atoms with van der Waals surface area (Å²) >= 11 is 1.71. The fraction of sp³-hybridized carbons (Fsp3) is 0.400. The Labute approximate surface area is 158 Å². The van der Waals surface area contributed by atoms with Crippen molar-refractivity contribution in [2.24, 2.45) is 0 Å². The van der Waals surface area contributed by atoms with Crippen molar-refractivity contribution in [3.05, 3.63) is 35.0 Å². The molecule has 1 aromatic carbocycles. The molecule has 0 aliphatic carbocycles. The van der Waals surface area contributed by atoms with Crippen molar-refractivity contribution in [2.45, 2.75) is 27.2 Å². The highest BCUT2D eigenvalue weighted by Gasteiger charge is 2.17. The molecule has 2 heterocycles. The van der Waals surface area contributed by atoms with E-state index in [2.05, 4.69) is 34.3 Å². The number of ether oxygens (including phenoxy) is 2. The summed E-state index contributed by atoms with van der Waals surface area (Å²) in [5.74, 6) is 2.57. The zero-order chi connectivity index (χ0) is 18.5. The van der Waals surface area contributed by atoms with E-state index in [9.17, 15) is 0 Å². The van der Waals surface area contributed by atoms with E-state index in [4.69, 9.17) is 9.47 Å². The molecule has 0 amide bonds. The normalized spacial score (nSPS) is 11.1. The highest BCUT2D eigenvalue weighted by Crippen LogP contribution is 2.41. The zero-order valence-electron chi connectivity index (χ0n) is 15.8. The van der Waals surface area contributed by atoms with Crippen LogP contribution in [0.3, 0.4) is 0 Å². The van der Waals surface area contributed by atoms with Crippen LogP contribution >= 0.6 is 11.3 Å². The van der Waals surface area contributed by atoms with Gasteiger partial charge in [-0.3, -0.25) is 0 Å². The number of methoxy groups -OCH3 is 1. The average molecular weight is 372 g/mol. The molecule has 0 radical (unpaired) electrons. The zero-order valence-corrected chi connectivity index (χ0v) is 16.6. The van der Waals surface area contributed by atoms with Crippen LogP contribution in [0.2, 0.25) is 0 Å². The Hall–Kier alpha value is -2.18. The summed E-state index contributed by atoms with van der Waals surface area (Å²) in [6.07, 6.45) is 0.933. The standard InChI is InChI=1S/C20H25N3O2S/c1-5-25-16-9-7-15(8-10-16)17-13(2)26-20-18(17)19(22-14(3)23-20)21-11-6-12-24-4/h7-10H,5-6,11-12H2,1-4H3,(H,21,22,23). The third kappa shape index (κ3) is 3.97. The molecule has 138 valence electrons. The minimum Gasteiger partial charge on any atom is -0.494 e. The summed E-state index contributed by atoms with van der Waals surface area (Å²) in [6.45, 7) is 8.28. The van der Waals surface area contributed by atoms with Crippen LogP contribution in [-0.2, 0) is 4.74 Å². The summed E-state index contributed by atoms with van der Waals surface area (Å²) in [4.78, 5) is 11.6. The van der Waals surface area contributed by atoms with E-state index in [-0.39, 0.29) is 0 Å². The monoisotopic (exact) mass is 371 g/mol. The Morgan fingerprint density at radius 3 is 2.58 bits per heavy atom. The number of aryl methyl sites for hydroxylation is 2. The van der Waals surface area contributed by atoms with Gasteiger partial charge < -0.3 is 14.8 Å². The van der Waals surface area contributed by atoms with Gasteiger partial charge >= 0.3 is 0 Å². The van der Waals surface area contributed by atoms with E-state index in [1.54, 1.807) is 18.4 Å². The molecule has 0 fully saturated rings. The lowest BCUT2D eigenvalue weighted by molar-refractivity contribution is 0.198. The number of thiophene rings is 1. The minimum atomic E-state index is 0.669. The number of nitrogens with one attached hydrogen (secondary N) is 1. The fourth-order valence-corrected chi connectivity index (χ4v) is 4.09. The van der Waals surface area contributed by atoms with Gasteiger partial charge in [-0.15, -0.1) is 11.3 Å². The molecule has 0 atom stereocenters. The number of benzene rings is 1. The van der Waals surface area contributed by atoms with E-state index in [0.29, 0.717) is 6.61 Å². The minimum absolute atomic E-state index is 0.669. The van der Waals surface area contributed by atoms with Crippen molar-refractivity contribution in [1.82, 2.24) is 9.97 Å². The van der Waals surface area contributed by atoms with Gasteiger partial charge in [0.25, 0.3) is 0 Å². The van der Waals surface area contributed by atoms with Gasteiger partial charge in [0.15, 0.2) is 0 Å². The molecule has 3 rings (SSSR count). The van der Waals surface area contributed by atoms with Crippen molar-refractivity contribution < 1.29 is 9.47 Å². The van der Waals surface area contributed by atoms with Crippen LogP contribution in [0.25, 0.3) is 21.3 Å². The van der Waals surface area contributed by atoms with Crippen molar-refractivity contribution in [2.75, 3.05) is 32.2 Å². The largest absolute Gasteiger partial charge is 0.494 e. The molecule has 0 aliphatic rings. The molecule has 0 spiro atoms. The van der Waals surface area contributed by atoms with Gasteiger partial charge in [-0.25, -0.2) is 9.97 Å². The Balaban J connectivity index is 2.02. The SMILES string of the molecule is CCOc1ccc(-c2c(C)sc3nc(C)nc(NCCCOC)c23)cc1. The smallest absolute Gasteiger partial charge is 0.139 e. The van der Waals surface area contributed by atoms with Gasteiger partial charge in [-0.2, -0.15) is 0 Å². The molecule has 0 aliphatic heterocycles. The number of fused-ring (bicyclic) bond motifs is 1. The topological polar surface area (TPSA) is 56.3 Å². The molecule has 0 saturated heterocycles.